The number of ether oxygens (including phenoxy) is 1. The first-order valence-corrected chi connectivity index (χ1v) is 5.28. The largest absolute Gasteiger partial charge is 0.394 e. The van der Waals surface area contributed by atoms with Crippen molar-refractivity contribution in [2.75, 3.05) is 13.2 Å². The third-order valence-corrected chi connectivity index (χ3v) is 3.51. The molecule has 0 aromatic heterocycles. The van der Waals surface area contributed by atoms with Gasteiger partial charge in [-0.05, 0) is 30.6 Å². The fourth-order valence-electron chi connectivity index (χ4n) is 1.98. The molecular formula is C11H22O2. The summed E-state index contributed by atoms with van der Waals surface area (Å²) in [5, 5.41) is 8.64. The molecule has 2 atom stereocenters. The van der Waals surface area contributed by atoms with E-state index in [0.717, 1.165) is 18.8 Å². The van der Waals surface area contributed by atoms with Crippen molar-refractivity contribution in [3.05, 3.63) is 0 Å². The van der Waals surface area contributed by atoms with E-state index in [0.29, 0.717) is 18.1 Å². The van der Waals surface area contributed by atoms with Crippen LogP contribution in [0.3, 0.4) is 0 Å². The Morgan fingerprint density at radius 1 is 1.46 bits per heavy atom. The number of hydrogen-bond donors (Lipinski definition) is 1. The minimum atomic E-state index is 0.147. The van der Waals surface area contributed by atoms with Crippen LogP contribution in [0, 0.1) is 11.3 Å². The van der Waals surface area contributed by atoms with Crippen molar-refractivity contribution in [2.45, 2.75) is 46.1 Å². The Morgan fingerprint density at radius 3 is 2.69 bits per heavy atom. The van der Waals surface area contributed by atoms with Gasteiger partial charge in [-0.15, -0.1) is 0 Å². The summed E-state index contributed by atoms with van der Waals surface area (Å²) < 4.78 is 5.55. The van der Waals surface area contributed by atoms with Crippen molar-refractivity contribution in [1.82, 2.24) is 0 Å². The molecule has 1 saturated carbocycles. The summed E-state index contributed by atoms with van der Waals surface area (Å²) in [4.78, 5) is 0. The number of hydrogen-bond acceptors (Lipinski definition) is 2. The number of aliphatic hydroxyl groups excluding tert-OH is 1. The maximum Gasteiger partial charge on any atom is 0.0701 e. The molecule has 2 heteroatoms. The van der Waals surface area contributed by atoms with E-state index >= 15 is 0 Å². The predicted molar refractivity (Wildman–Crippen MR) is 53.6 cm³/mol. The van der Waals surface area contributed by atoms with Crippen molar-refractivity contribution in [3.63, 3.8) is 0 Å². The summed E-state index contributed by atoms with van der Waals surface area (Å²) in [7, 11) is 0. The average molecular weight is 186 g/mol. The van der Waals surface area contributed by atoms with E-state index in [1.165, 1.54) is 6.42 Å². The van der Waals surface area contributed by atoms with Gasteiger partial charge < -0.3 is 9.84 Å². The Hall–Kier alpha value is -0.0800. The molecule has 0 spiro atoms. The topological polar surface area (TPSA) is 29.5 Å². The Bertz CT molecular complexity index is 154. The monoisotopic (exact) mass is 186 g/mol. The third-order valence-electron chi connectivity index (χ3n) is 3.51. The van der Waals surface area contributed by atoms with Crippen molar-refractivity contribution >= 4 is 0 Å². The Balaban J connectivity index is 2.33. The quantitative estimate of drug-likeness (QED) is 0.732. The van der Waals surface area contributed by atoms with Crippen LogP contribution in [0.15, 0.2) is 0 Å². The van der Waals surface area contributed by atoms with Crippen molar-refractivity contribution in [1.29, 1.82) is 0 Å². The molecule has 0 heterocycles. The van der Waals surface area contributed by atoms with E-state index < -0.39 is 0 Å². The van der Waals surface area contributed by atoms with Crippen molar-refractivity contribution in [3.8, 4) is 0 Å². The highest BCUT2D eigenvalue weighted by Gasteiger charge is 2.33. The van der Waals surface area contributed by atoms with Gasteiger partial charge in [0.05, 0.1) is 19.3 Å². The van der Waals surface area contributed by atoms with Gasteiger partial charge in [0, 0.05) is 0 Å². The zero-order valence-corrected chi connectivity index (χ0v) is 9.05. The van der Waals surface area contributed by atoms with Gasteiger partial charge in [-0.3, -0.25) is 0 Å². The van der Waals surface area contributed by atoms with Gasteiger partial charge in [-0.1, -0.05) is 20.8 Å². The second-order valence-corrected chi connectivity index (χ2v) is 4.88. The Labute approximate surface area is 81.3 Å². The zero-order valence-electron chi connectivity index (χ0n) is 9.05. The molecule has 0 saturated heterocycles. The van der Waals surface area contributed by atoms with E-state index in [-0.39, 0.29) is 6.61 Å². The maximum absolute atomic E-state index is 8.64. The molecule has 1 fully saturated rings. The minimum absolute atomic E-state index is 0.147. The predicted octanol–water partition coefficient (Wildman–Crippen LogP) is 2.21. The standard InChI is InChI=1S/C11H22O2/c1-9-8-10(13-7-6-12)4-5-11(9,2)3/h9-10,12H,4-8H2,1-3H3/t9-,10?/m0/s1. The van der Waals surface area contributed by atoms with Crippen molar-refractivity contribution < 1.29 is 9.84 Å². The lowest BCUT2D eigenvalue weighted by Crippen LogP contribution is -2.34. The van der Waals surface area contributed by atoms with Crippen LogP contribution in [0.25, 0.3) is 0 Å². The van der Waals surface area contributed by atoms with Crippen LogP contribution >= 0.6 is 0 Å². The summed E-state index contributed by atoms with van der Waals surface area (Å²) in [6.07, 6.45) is 3.92. The van der Waals surface area contributed by atoms with Crippen LogP contribution in [-0.2, 0) is 4.74 Å². The van der Waals surface area contributed by atoms with Crippen LogP contribution in [-0.4, -0.2) is 24.4 Å². The van der Waals surface area contributed by atoms with E-state index in [4.69, 9.17) is 9.84 Å². The van der Waals surface area contributed by atoms with E-state index in [1.54, 1.807) is 0 Å². The van der Waals surface area contributed by atoms with Gasteiger partial charge in [0.15, 0.2) is 0 Å². The lowest BCUT2D eigenvalue weighted by molar-refractivity contribution is -0.0318. The van der Waals surface area contributed by atoms with Crippen molar-refractivity contribution in [2.24, 2.45) is 11.3 Å². The number of rotatable bonds is 3. The molecule has 13 heavy (non-hydrogen) atoms. The molecule has 0 bridgehead atoms. The second kappa shape index (κ2) is 4.43. The highest BCUT2D eigenvalue weighted by molar-refractivity contribution is 4.84. The summed E-state index contributed by atoms with van der Waals surface area (Å²) in [5.74, 6) is 0.727. The van der Waals surface area contributed by atoms with Gasteiger partial charge >= 0.3 is 0 Å². The van der Waals surface area contributed by atoms with Crippen LogP contribution in [0.4, 0.5) is 0 Å². The molecule has 1 aliphatic rings. The van der Waals surface area contributed by atoms with E-state index in [9.17, 15) is 0 Å². The first-order valence-electron chi connectivity index (χ1n) is 5.28. The fourth-order valence-corrected chi connectivity index (χ4v) is 1.98. The average Bonchev–Trinajstić information content (AvgIpc) is 2.07. The number of aliphatic hydroxyl groups is 1. The van der Waals surface area contributed by atoms with Crippen LogP contribution in [0.2, 0.25) is 0 Å². The highest BCUT2D eigenvalue weighted by Crippen LogP contribution is 2.40. The minimum Gasteiger partial charge on any atom is -0.394 e. The molecule has 78 valence electrons. The first kappa shape index (κ1) is 11.0. The molecule has 1 rings (SSSR count). The second-order valence-electron chi connectivity index (χ2n) is 4.88. The van der Waals surface area contributed by atoms with Gasteiger partial charge in [-0.25, -0.2) is 0 Å². The fraction of sp³-hybridized carbons (Fsp3) is 1.00. The molecular weight excluding hydrogens is 164 g/mol. The van der Waals surface area contributed by atoms with Gasteiger partial charge in [0.1, 0.15) is 0 Å². The Kier molecular flexibility index (Phi) is 3.74. The van der Waals surface area contributed by atoms with Crippen LogP contribution in [0.5, 0.6) is 0 Å². The molecule has 1 aliphatic carbocycles. The first-order chi connectivity index (χ1) is 6.06. The molecule has 2 nitrogen and oxygen atoms in total. The molecule has 1 unspecified atom stereocenters. The van der Waals surface area contributed by atoms with Gasteiger partial charge in [0.25, 0.3) is 0 Å². The smallest absolute Gasteiger partial charge is 0.0701 e. The SMILES string of the molecule is C[C@H]1CC(OCCO)CCC1(C)C. The molecule has 1 N–H and O–H groups in total. The summed E-state index contributed by atoms with van der Waals surface area (Å²) in [5.41, 5.74) is 0.471. The zero-order chi connectivity index (χ0) is 9.90. The molecule has 0 aromatic carbocycles. The summed E-state index contributed by atoms with van der Waals surface area (Å²) in [6.45, 7) is 7.61. The van der Waals surface area contributed by atoms with Gasteiger partial charge in [-0.2, -0.15) is 0 Å². The lowest BCUT2D eigenvalue weighted by Gasteiger charge is -2.40. The summed E-state index contributed by atoms with van der Waals surface area (Å²) in [6, 6.07) is 0. The maximum atomic E-state index is 8.64. The third kappa shape index (κ3) is 2.96. The van der Waals surface area contributed by atoms with Crippen LogP contribution < -0.4 is 0 Å². The van der Waals surface area contributed by atoms with E-state index in [2.05, 4.69) is 20.8 Å². The van der Waals surface area contributed by atoms with E-state index in [1.807, 2.05) is 0 Å². The molecule has 0 aromatic rings. The molecule has 0 aliphatic heterocycles. The Morgan fingerprint density at radius 2 is 2.15 bits per heavy atom. The lowest BCUT2D eigenvalue weighted by atomic mass is 9.69. The van der Waals surface area contributed by atoms with Crippen LogP contribution in [0.1, 0.15) is 40.0 Å². The molecule has 0 amide bonds. The highest BCUT2D eigenvalue weighted by atomic mass is 16.5. The summed E-state index contributed by atoms with van der Waals surface area (Å²) >= 11 is 0. The normalized spacial score (nSPS) is 33.2. The molecule has 0 radical (unpaired) electrons. The van der Waals surface area contributed by atoms with Gasteiger partial charge in [0.2, 0.25) is 0 Å².